The van der Waals surface area contributed by atoms with Crippen molar-refractivity contribution in [1.82, 2.24) is 5.32 Å². The Morgan fingerprint density at radius 1 is 1.19 bits per heavy atom. The SMILES string of the molecule is O=C(COC(=O)[C@H]1COc2ccc(Cl)cc2C1)NCCOc1ccccc1. The Kier molecular flexibility index (Phi) is 6.54. The molecule has 0 saturated carbocycles. The number of nitrogens with one attached hydrogen (secondary N) is 1. The average molecular weight is 390 g/mol. The van der Waals surface area contributed by atoms with Crippen LogP contribution in [0, 0.1) is 5.92 Å². The van der Waals surface area contributed by atoms with E-state index in [1.54, 1.807) is 18.2 Å². The highest BCUT2D eigenvalue weighted by atomic mass is 35.5. The Morgan fingerprint density at radius 2 is 2.00 bits per heavy atom. The second-order valence-corrected chi connectivity index (χ2v) is 6.52. The molecule has 0 unspecified atom stereocenters. The van der Waals surface area contributed by atoms with E-state index in [9.17, 15) is 9.59 Å². The van der Waals surface area contributed by atoms with E-state index in [1.165, 1.54) is 0 Å². The summed E-state index contributed by atoms with van der Waals surface area (Å²) in [6.07, 6.45) is 0.473. The number of hydrogen-bond donors (Lipinski definition) is 1. The highest BCUT2D eigenvalue weighted by molar-refractivity contribution is 6.30. The van der Waals surface area contributed by atoms with E-state index in [4.69, 9.17) is 25.8 Å². The molecule has 0 fully saturated rings. The topological polar surface area (TPSA) is 73.9 Å². The number of esters is 1. The van der Waals surface area contributed by atoms with Gasteiger partial charge < -0.3 is 19.5 Å². The molecule has 142 valence electrons. The molecule has 1 amide bonds. The molecule has 0 aromatic heterocycles. The minimum atomic E-state index is -0.462. The first-order valence-corrected chi connectivity index (χ1v) is 9.02. The second kappa shape index (κ2) is 9.28. The number of carbonyl (C=O) groups excluding carboxylic acids is 2. The van der Waals surface area contributed by atoms with E-state index in [0.29, 0.717) is 24.6 Å². The first-order chi connectivity index (χ1) is 13.1. The molecule has 0 radical (unpaired) electrons. The van der Waals surface area contributed by atoms with E-state index in [2.05, 4.69) is 5.32 Å². The van der Waals surface area contributed by atoms with Crippen molar-refractivity contribution in [2.24, 2.45) is 5.92 Å². The quantitative estimate of drug-likeness (QED) is 0.582. The van der Waals surface area contributed by atoms with Crippen LogP contribution in [0.4, 0.5) is 0 Å². The van der Waals surface area contributed by atoms with Crippen LogP contribution in [0.3, 0.4) is 0 Å². The van der Waals surface area contributed by atoms with E-state index in [-0.39, 0.29) is 19.1 Å². The summed E-state index contributed by atoms with van der Waals surface area (Å²) in [7, 11) is 0. The highest BCUT2D eigenvalue weighted by Crippen LogP contribution is 2.30. The molecule has 1 aliphatic heterocycles. The number of halogens is 1. The van der Waals surface area contributed by atoms with E-state index in [1.807, 2.05) is 30.3 Å². The largest absolute Gasteiger partial charge is 0.492 e. The number of fused-ring (bicyclic) bond motifs is 1. The van der Waals surface area contributed by atoms with Crippen molar-refractivity contribution < 1.29 is 23.8 Å². The van der Waals surface area contributed by atoms with Gasteiger partial charge in [-0.25, -0.2) is 0 Å². The molecule has 0 bridgehead atoms. The van der Waals surface area contributed by atoms with Crippen LogP contribution < -0.4 is 14.8 Å². The van der Waals surface area contributed by atoms with Gasteiger partial charge in [0.2, 0.25) is 0 Å². The Labute approximate surface area is 162 Å². The van der Waals surface area contributed by atoms with E-state index < -0.39 is 11.9 Å². The zero-order chi connectivity index (χ0) is 19.1. The third kappa shape index (κ3) is 5.62. The molecular formula is C20H20ClNO5. The third-order valence-electron chi connectivity index (χ3n) is 4.04. The first kappa shape index (κ1) is 19.0. The van der Waals surface area contributed by atoms with Gasteiger partial charge in [0.15, 0.2) is 6.61 Å². The third-order valence-corrected chi connectivity index (χ3v) is 4.28. The summed E-state index contributed by atoms with van der Waals surface area (Å²) in [5.41, 5.74) is 0.859. The van der Waals surface area contributed by atoms with Crippen molar-refractivity contribution >= 4 is 23.5 Å². The van der Waals surface area contributed by atoms with Crippen molar-refractivity contribution in [3.63, 3.8) is 0 Å². The summed E-state index contributed by atoms with van der Waals surface area (Å²) in [4.78, 5) is 24.0. The number of carbonyl (C=O) groups is 2. The fraction of sp³-hybridized carbons (Fsp3) is 0.300. The lowest BCUT2D eigenvalue weighted by Crippen LogP contribution is -2.35. The molecule has 27 heavy (non-hydrogen) atoms. The Hall–Kier alpha value is -2.73. The summed E-state index contributed by atoms with van der Waals surface area (Å²) in [5, 5.41) is 3.23. The average Bonchev–Trinajstić information content (AvgIpc) is 2.69. The fourth-order valence-electron chi connectivity index (χ4n) is 2.70. The summed E-state index contributed by atoms with van der Waals surface area (Å²) in [6.45, 7) is 0.546. The summed E-state index contributed by atoms with van der Waals surface area (Å²) >= 11 is 5.97. The maximum absolute atomic E-state index is 12.2. The Bertz CT molecular complexity index is 796. The number of amides is 1. The van der Waals surface area contributed by atoms with Gasteiger partial charge in [-0.15, -0.1) is 0 Å². The van der Waals surface area contributed by atoms with Gasteiger partial charge in [-0.1, -0.05) is 29.8 Å². The van der Waals surface area contributed by atoms with Gasteiger partial charge >= 0.3 is 5.97 Å². The van der Waals surface area contributed by atoms with Gasteiger partial charge in [0.1, 0.15) is 24.7 Å². The van der Waals surface area contributed by atoms with Crippen LogP contribution in [-0.2, 0) is 20.7 Å². The molecule has 0 spiro atoms. The number of benzene rings is 2. The summed E-state index contributed by atoms with van der Waals surface area (Å²) < 4.78 is 16.1. The molecule has 1 heterocycles. The number of ether oxygens (including phenoxy) is 3. The standard InChI is InChI=1S/C20H20ClNO5/c21-16-6-7-18-14(11-16)10-15(12-26-18)20(24)27-13-19(23)22-8-9-25-17-4-2-1-3-5-17/h1-7,11,15H,8-10,12-13H2,(H,22,23)/t15-/m1/s1. The van der Waals surface area contributed by atoms with Crippen molar-refractivity contribution in [2.45, 2.75) is 6.42 Å². The fourth-order valence-corrected chi connectivity index (χ4v) is 2.89. The van der Waals surface area contributed by atoms with Crippen LogP contribution in [0.1, 0.15) is 5.56 Å². The molecular weight excluding hydrogens is 370 g/mol. The van der Waals surface area contributed by atoms with Gasteiger partial charge in [-0.05, 0) is 42.3 Å². The zero-order valence-electron chi connectivity index (χ0n) is 14.7. The second-order valence-electron chi connectivity index (χ2n) is 6.08. The lowest BCUT2D eigenvalue weighted by Gasteiger charge is -2.24. The molecule has 1 N–H and O–H groups in total. The maximum Gasteiger partial charge on any atom is 0.313 e. The van der Waals surface area contributed by atoms with Crippen LogP contribution >= 0.6 is 11.6 Å². The first-order valence-electron chi connectivity index (χ1n) is 8.64. The van der Waals surface area contributed by atoms with Crippen molar-refractivity contribution in [2.75, 3.05) is 26.4 Å². The zero-order valence-corrected chi connectivity index (χ0v) is 15.4. The lowest BCUT2D eigenvalue weighted by atomic mass is 9.97. The summed E-state index contributed by atoms with van der Waals surface area (Å²) in [5.74, 6) is 0.164. The molecule has 0 saturated heterocycles. The van der Waals surface area contributed by atoms with Crippen molar-refractivity contribution in [3.8, 4) is 11.5 Å². The maximum atomic E-state index is 12.2. The molecule has 2 aromatic rings. The van der Waals surface area contributed by atoms with E-state index >= 15 is 0 Å². The highest BCUT2D eigenvalue weighted by Gasteiger charge is 2.27. The van der Waals surface area contributed by atoms with Crippen LogP contribution in [0.2, 0.25) is 5.02 Å². The Balaban J connectivity index is 1.36. The van der Waals surface area contributed by atoms with Gasteiger partial charge in [-0.3, -0.25) is 9.59 Å². The molecule has 1 atom stereocenters. The normalized spacial score (nSPS) is 15.2. The summed E-state index contributed by atoms with van der Waals surface area (Å²) in [6, 6.07) is 14.6. The van der Waals surface area contributed by atoms with Crippen molar-refractivity contribution in [3.05, 3.63) is 59.1 Å². The molecule has 2 aromatic carbocycles. The van der Waals surface area contributed by atoms with Crippen molar-refractivity contribution in [1.29, 1.82) is 0 Å². The number of para-hydroxylation sites is 1. The number of hydrogen-bond acceptors (Lipinski definition) is 5. The van der Waals surface area contributed by atoms with Gasteiger partial charge in [0, 0.05) is 5.02 Å². The monoisotopic (exact) mass is 389 g/mol. The van der Waals surface area contributed by atoms with Crippen LogP contribution in [0.15, 0.2) is 48.5 Å². The van der Waals surface area contributed by atoms with E-state index in [0.717, 1.165) is 17.1 Å². The molecule has 6 nitrogen and oxygen atoms in total. The predicted molar refractivity (Wildman–Crippen MR) is 100 cm³/mol. The van der Waals surface area contributed by atoms with Crippen LogP contribution in [-0.4, -0.2) is 38.2 Å². The number of rotatable bonds is 7. The molecule has 7 heteroatoms. The molecule has 3 rings (SSSR count). The minimum Gasteiger partial charge on any atom is -0.492 e. The predicted octanol–water partition coefficient (Wildman–Crippen LogP) is 2.63. The smallest absolute Gasteiger partial charge is 0.313 e. The van der Waals surface area contributed by atoms with Gasteiger partial charge in [0.25, 0.3) is 5.91 Å². The van der Waals surface area contributed by atoms with Gasteiger partial charge in [-0.2, -0.15) is 0 Å². The minimum absolute atomic E-state index is 0.222. The lowest BCUT2D eigenvalue weighted by molar-refractivity contribution is -0.153. The van der Waals surface area contributed by atoms with Crippen LogP contribution in [0.25, 0.3) is 0 Å². The van der Waals surface area contributed by atoms with Gasteiger partial charge in [0.05, 0.1) is 12.5 Å². The molecule has 1 aliphatic rings. The Morgan fingerprint density at radius 3 is 2.81 bits per heavy atom. The molecule has 0 aliphatic carbocycles. The van der Waals surface area contributed by atoms with Crippen LogP contribution in [0.5, 0.6) is 11.5 Å².